The lowest BCUT2D eigenvalue weighted by Crippen LogP contribution is -2.31. The zero-order valence-electron chi connectivity index (χ0n) is 18.3. The van der Waals surface area contributed by atoms with Gasteiger partial charge in [-0.15, -0.1) is 0 Å². The summed E-state index contributed by atoms with van der Waals surface area (Å²) in [7, 11) is -3.91. The molecule has 1 aliphatic heterocycles. The van der Waals surface area contributed by atoms with Gasteiger partial charge >= 0.3 is 0 Å². The molecule has 174 valence electrons. The second-order valence-corrected chi connectivity index (χ2v) is 9.97. The van der Waals surface area contributed by atoms with Crippen LogP contribution in [0.4, 0.5) is 10.1 Å². The molecule has 1 amide bonds. The Bertz CT molecular complexity index is 1430. The van der Waals surface area contributed by atoms with E-state index in [2.05, 4.69) is 9.71 Å². The monoisotopic (exact) mass is 478 g/mol. The van der Waals surface area contributed by atoms with Crippen LogP contribution in [-0.2, 0) is 21.4 Å². The van der Waals surface area contributed by atoms with E-state index < -0.39 is 21.9 Å². The van der Waals surface area contributed by atoms with Crippen molar-refractivity contribution in [1.29, 1.82) is 0 Å². The van der Waals surface area contributed by atoms with Gasteiger partial charge in [0.25, 0.3) is 0 Å². The Kier molecular flexibility index (Phi) is 5.89. The fourth-order valence-corrected chi connectivity index (χ4v) is 5.46. The summed E-state index contributed by atoms with van der Waals surface area (Å²) in [5.41, 5.74) is 2.98. The lowest BCUT2D eigenvalue weighted by molar-refractivity contribution is -0.117. The molecule has 3 aromatic carbocycles. The number of benzene rings is 3. The van der Waals surface area contributed by atoms with Crippen molar-refractivity contribution in [2.45, 2.75) is 30.3 Å². The van der Waals surface area contributed by atoms with Crippen LogP contribution in [0.2, 0.25) is 0 Å². The Morgan fingerprint density at radius 1 is 1.00 bits per heavy atom. The van der Waals surface area contributed by atoms with Gasteiger partial charge in [-0.2, -0.15) is 0 Å². The first-order valence-electron chi connectivity index (χ1n) is 11.0. The largest absolute Gasteiger partial charge is 0.329 e. The van der Waals surface area contributed by atoms with Crippen molar-refractivity contribution >= 4 is 32.7 Å². The zero-order chi connectivity index (χ0) is 23.7. The molecule has 9 heteroatoms. The van der Waals surface area contributed by atoms with Crippen molar-refractivity contribution in [2.24, 2.45) is 0 Å². The van der Waals surface area contributed by atoms with Crippen molar-refractivity contribution in [1.82, 2.24) is 14.3 Å². The number of carbonyl (C=O) groups excluding carboxylic acids is 1. The number of sulfonamides is 1. The van der Waals surface area contributed by atoms with Gasteiger partial charge in [0.15, 0.2) is 0 Å². The number of anilines is 1. The summed E-state index contributed by atoms with van der Waals surface area (Å²) in [5, 5.41) is 0. The maximum Gasteiger partial charge on any atom is 0.241 e. The minimum atomic E-state index is -3.91. The van der Waals surface area contributed by atoms with Gasteiger partial charge in [0.05, 0.1) is 28.3 Å². The third-order valence-corrected chi connectivity index (χ3v) is 7.50. The first-order chi connectivity index (χ1) is 16.4. The second-order valence-electron chi connectivity index (χ2n) is 8.25. The first kappa shape index (κ1) is 22.2. The number of hydrogen-bond donors (Lipinski definition) is 1. The van der Waals surface area contributed by atoms with Crippen LogP contribution in [0.5, 0.6) is 0 Å². The molecule has 34 heavy (non-hydrogen) atoms. The third kappa shape index (κ3) is 4.44. The highest BCUT2D eigenvalue weighted by molar-refractivity contribution is 7.89. The Morgan fingerprint density at radius 2 is 1.74 bits per heavy atom. The molecule has 2 heterocycles. The SMILES string of the molecule is O=C1CCCN1c1ccc(S(=O)(=O)N[C@@H](Cn2cnc3ccccc32)c2ccc(F)cc2)cc1. The average Bonchev–Trinajstić information content (AvgIpc) is 3.45. The van der Waals surface area contributed by atoms with Crippen molar-refractivity contribution in [2.75, 3.05) is 11.4 Å². The van der Waals surface area contributed by atoms with Crippen LogP contribution in [0.15, 0.2) is 84.0 Å². The van der Waals surface area contributed by atoms with Gasteiger partial charge in [0, 0.05) is 25.2 Å². The van der Waals surface area contributed by atoms with Gasteiger partial charge < -0.3 is 9.47 Å². The van der Waals surface area contributed by atoms with Crippen molar-refractivity contribution in [3.8, 4) is 0 Å². The van der Waals surface area contributed by atoms with E-state index in [9.17, 15) is 17.6 Å². The number of fused-ring (bicyclic) bond motifs is 1. The van der Waals surface area contributed by atoms with Crippen molar-refractivity contribution < 1.29 is 17.6 Å². The molecule has 4 aromatic rings. The van der Waals surface area contributed by atoms with Gasteiger partial charge in [-0.25, -0.2) is 22.5 Å². The number of rotatable bonds is 7. The molecule has 1 fully saturated rings. The zero-order valence-corrected chi connectivity index (χ0v) is 19.1. The predicted molar refractivity (Wildman–Crippen MR) is 127 cm³/mol. The van der Waals surface area contributed by atoms with Crippen LogP contribution < -0.4 is 9.62 Å². The number of imidazole rings is 1. The fraction of sp³-hybridized carbons (Fsp3) is 0.200. The summed E-state index contributed by atoms with van der Waals surface area (Å²) >= 11 is 0. The minimum Gasteiger partial charge on any atom is -0.329 e. The quantitative estimate of drug-likeness (QED) is 0.435. The molecule has 0 aliphatic carbocycles. The van der Waals surface area contributed by atoms with Gasteiger partial charge in [-0.3, -0.25) is 4.79 Å². The number of carbonyl (C=O) groups is 1. The normalized spacial score (nSPS) is 15.2. The number of nitrogens with one attached hydrogen (secondary N) is 1. The van der Waals surface area contributed by atoms with Gasteiger partial charge in [0.2, 0.25) is 15.9 Å². The van der Waals surface area contributed by atoms with E-state index in [1.54, 1.807) is 35.5 Å². The Morgan fingerprint density at radius 3 is 2.44 bits per heavy atom. The van der Waals surface area contributed by atoms with Crippen LogP contribution in [0, 0.1) is 5.82 Å². The van der Waals surface area contributed by atoms with E-state index in [0.717, 1.165) is 17.5 Å². The summed E-state index contributed by atoms with van der Waals surface area (Å²) in [4.78, 5) is 18.1. The third-order valence-electron chi connectivity index (χ3n) is 6.01. The predicted octanol–water partition coefficient (Wildman–Crippen LogP) is 4.02. The standard InChI is InChI=1S/C25H23FN4O3S/c26-19-9-7-18(8-10-19)23(16-29-17-27-22-4-1-2-5-24(22)29)28-34(32,33)21-13-11-20(12-14-21)30-15-3-6-25(30)31/h1-2,4-5,7-14,17,23,28H,3,6,15-16H2/t23-/m0/s1. The molecule has 7 nitrogen and oxygen atoms in total. The number of aromatic nitrogens is 2. The summed E-state index contributed by atoms with van der Waals surface area (Å²) < 4.78 is 44.7. The lowest BCUT2D eigenvalue weighted by Gasteiger charge is -2.21. The van der Waals surface area contributed by atoms with E-state index in [4.69, 9.17) is 0 Å². The van der Waals surface area contributed by atoms with Crippen molar-refractivity contribution in [3.05, 3.63) is 90.5 Å². The highest BCUT2D eigenvalue weighted by atomic mass is 32.2. The Balaban J connectivity index is 1.44. The van der Waals surface area contributed by atoms with Gasteiger partial charge in [0.1, 0.15) is 5.82 Å². The maximum absolute atomic E-state index is 13.6. The molecule has 1 atom stereocenters. The number of hydrogen-bond acceptors (Lipinski definition) is 4. The highest BCUT2D eigenvalue weighted by Crippen LogP contribution is 2.25. The van der Waals surface area contributed by atoms with E-state index in [-0.39, 0.29) is 17.3 Å². The summed E-state index contributed by atoms with van der Waals surface area (Å²) in [6.45, 7) is 0.903. The van der Waals surface area contributed by atoms with Crippen molar-refractivity contribution in [3.63, 3.8) is 0 Å². The molecule has 0 bridgehead atoms. The number of halogens is 1. The molecule has 0 unspecified atom stereocenters. The average molecular weight is 479 g/mol. The van der Waals surface area contributed by atoms with E-state index in [0.29, 0.717) is 24.2 Å². The molecule has 1 aromatic heterocycles. The summed E-state index contributed by atoms with van der Waals surface area (Å²) in [6, 6.07) is 19.0. The lowest BCUT2D eigenvalue weighted by atomic mass is 10.1. The molecule has 0 saturated carbocycles. The van der Waals surface area contributed by atoms with Gasteiger partial charge in [-0.1, -0.05) is 24.3 Å². The molecule has 1 N–H and O–H groups in total. The fourth-order valence-electron chi connectivity index (χ4n) is 4.24. The highest BCUT2D eigenvalue weighted by Gasteiger charge is 2.25. The van der Waals surface area contributed by atoms with Crippen LogP contribution in [0.3, 0.4) is 0 Å². The van der Waals surface area contributed by atoms with Crippen LogP contribution >= 0.6 is 0 Å². The van der Waals surface area contributed by atoms with Gasteiger partial charge in [-0.05, 0) is 60.5 Å². The Labute approximate surface area is 196 Å². The number of nitrogens with zero attached hydrogens (tertiary/aromatic N) is 3. The van der Waals surface area contributed by atoms with Crippen LogP contribution in [0.25, 0.3) is 11.0 Å². The first-order valence-corrected chi connectivity index (χ1v) is 12.5. The number of para-hydroxylation sites is 2. The summed E-state index contributed by atoms with van der Waals surface area (Å²) in [5.74, 6) is -0.358. The van der Waals surface area contributed by atoms with Crippen LogP contribution in [0.1, 0.15) is 24.4 Å². The topological polar surface area (TPSA) is 84.3 Å². The smallest absolute Gasteiger partial charge is 0.241 e. The summed E-state index contributed by atoms with van der Waals surface area (Å²) in [6.07, 6.45) is 2.96. The Hall–Kier alpha value is -3.56. The van der Waals surface area contributed by atoms with E-state index in [1.807, 2.05) is 28.8 Å². The molecule has 1 aliphatic rings. The second kappa shape index (κ2) is 9.00. The molecule has 1 saturated heterocycles. The molecule has 0 radical (unpaired) electrons. The molecular weight excluding hydrogens is 455 g/mol. The van der Waals surface area contributed by atoms with E-state index in [1.165, 1.54) is 24.3 Å². The minimum absolute atomic E-state index is 0.0395. The maximum atomic E-state index is 13.6. The van der Waals surface area contributed by atoms with Crippen LogP contribution in [-0.4, -0.2) is 30.4 Å². The van der Waals surface area contributed by atoms with E-state index >= 15 is 0 Å². The number of amides is 1. The molecule has 5 rings (SSSR count). The molecule has 0 spiro atoms. The molecular formula is C25H23FN4O3S.